The number of aliphatic hydroxyl groups is 1. The third-order valence-corrected chi connectivity index (χ3v) is 2.80. The summed E-state index contributed by atoms with van der Waals surface area (Å²) in [5.74, 6) is -0.465. The number of hydrogen-bond donors (Lipinski definition) is 2. The maximum Gasteiger partial charge on any atom is 0.381 e. The number of nitrogens with zero attached hydrogens (tertiary/aromatic N) is 3. The van der Waals surface area contributed by atoms with E-state index in [2.05, 4.69) is 10.3 Å². The van der Waals surface area contributed by atoms with Gasteiger partial charge in [-0.15, -0.1) is 0 Å². The normalized spacial score (nSPS) is 10.3. The van der Waals surface area contributed by atoms with Crippen LogP contribution in [-0.2, 0) is 17.9 Å². The summed E-state index contributed by atoms with van der Waals surface area (Å²) in [5.41, 5.74) is 1.31. The zero-order valence-electron chi connectivity index (χ0n) is 11.1. The third kappa shape index (κ3) is 4.11. The summed E-state index contributed by atoms with van der Waals surface area (Å²) < 4.78 is 1.49. The van der Waals surface area contributed by atoms with Crippen LogP contribution >= 0.6 is 0 Å². The molecule has 1 aromatic heterocycles. The molecular weight excluding hydrogens is 276 g/mol. The van der Waals surface area contributed by atoms with Crippen molar-refractivity contribution in [2.75, 3.05) is 5.32 Å². The number of anilines is 1. The van der Waals surface area contributed by atoms with E-state index < -0.39 is 4.92 Å². The van der Waals surface area contributed by atoms with E-state index in [1.807, 2.05) is 0 Å². The number of aliphatic hydroxyl groups excluding tert-OH is 1. The fourth-order valence-electron chi connectivity index (χ4n) is 1.77. The van der Waals surface area contributed by atoms with Crippen molar-refractivity contribution in [1.29, 1.82) is 0 Å². The molecular formula is C13H14N4O4. The van der Waals surface area contributed by atoms with Crippen LogP contribution in [0.25, 0.3) is 0 Å². The SMILES string of the molecule is O=C(CCn1cnc([N+](=O)[O-])c1)Nc1cccc(CO)c1. The minimum absolute atomic E-state index is 0.0948. The first-order chi connectivity index (χ1) is 10.1. The lowest BCUT2D eigenvalue weighted by Crippen LogP contribution is -2.14. The highest BCUT2D eigenvalue weighted by Crippen LogP contribution is 2.11. The van der Waals surface area contributed by atoms with Crippen molar-refractivity contribution in [3.05, 3.63) is 52.5 Å². The predicted octanol–water partition coefficient (Wildman–Crippen LogP) is 1.31. The average molecular weight is 290 g/mol. The molecule has 0 unspecified atom stereocenters. The molecule has 0 spiro atoms. The highest BCUT2D eigenvalue weighted by Gasteiger charge is 2.10. The lowest BCUT2D eigenvalue weighted by Gasteiger charge is -2.06. The van der Waals surface area contributed by atoms with Gasteiger partial charge in [-0.2, -0.15) is 0 Å². The van der Waals surface area contributed by atoms with Crippen molar-refractivity contribution in [2.45, 2.75) is 19.6 Å². The van der Waals surface area contributed by atoms with Crippen molar-refractivity contribution in [1.82, 2.24) is 9.55 Å². The van der Waals surface area contributed by atoms with Gasteiger partial charge >= 0.3 is 5.82 Å². The Balaban J connectivity index is 1.87. The van der Waals surface area contributed by atoms with Gasteiger partial charge in [0.05, 0.1) is 6.61 Å². The Hall–Kier alpha value is -2.74. The molecule has 2 rings (SSSR count). The Morgan fingerprint density at radius 1 is 1.48 bits per heavy atom. The van der Waals surface area contributed by atoms with Gasteiger partial charge in [-0.05, 0) is 27.6 Å². The van der Waals surface area contributed by atoms with Crippen LogP contribution in [0.2, 0.25) is 0 Å². The van der Waals surface area contributed by atoms with E-state index >= 15 is 0 Å². The Labute approximate surface area is 120 Å². The van der Waals surface area contributed by atoms with E-state index in [9.17, 15) is 14.9 Å². The highest BCUT2D eigenvalue weighted by atomic mass is 16.6. The number of hydrogen-bond acceptors (Lipinski definition) is 5. The minimum Gasteiger partial charge on any atom is -0.392 e. The van der Waals surface area contributed by atoms with E-state index in [1.54, 1.807) is 24.3 Å². The van der Waals surface area contributed by atoms with Crippen LogP contribution < -0.4 is 5.32 Å². The van der Waals surface area contributed by atoms with Crippen LogP contribution in [0, 0.1) is 10.1 Å². The summed E-state index contributed by atoms with van der Waals surface area (Å²) >= 11 is 0. The number of amides is 1. The van der Waals surface area contributed by atoms with Gasteiger partial charge in [-0.3, -0.25) is 4.79 Å². The molecule has 110 valence electrons. The fourth-order valence-corrected chi connectivity index (χ4v) is 1.77. The van der Waals surface area contributed by atoms with E-state index in [1.165, 1.54) is 17.1 Å². The monoisotopic (exact) mass is 290 g/mol. The Morgan fingerprint density at radius 2 is 2.29 bits per heavy atom. The number of nitrogens with one attached hydrogen (secondary N) is 1. The standard InChI is InChI=1S/C13H14N4O4/c18-8-10-2-1-3-11(6-10)15-13(19)4-5-16-7-12(14-9-16)17(20)21/h1-3,6-7,9,18H,4-5,8H2,(H,15,19). The molecule has 0 aliphatic rings. The maximum atomic E-state index is 11.8. The van der Waals surface area contributed by atoms with E-state index in [4.69, 9.17) is 5.11 Å². The Bertz CT molecular complexity index is 653. The average Bonchev–Trinajstić information content (AvgIpc) is 2.94. The first-order valence-corrected chi connectivity index (χ1v) is 6.24. The molecule has 1 amide bonds. The zero-order valence-corrected chi connectivity index (χ0v) is 11.1. The van der Waals surface area contributed by atoms with E-state index in [0.717, 1.165) is 0 Å². The van der Waals surface area contributed by atoms with Gasteiger partial charge in [0.25, 0.3) is 0 Å². The van der Waals surface area contributed by atoms with Gasteiger partial charge in [-0.25, -0.2) is 0 Å². The first-order valence-electron chi connectivity index (χ1n) is 6.24. The summed E-state index contributed by atoms with van der Waals surface area (Å²) in [4.78, 5) is 25.3. The Morgan fingerprint density at radius 3 is 2.95 bits per heavy atom. The van der Waals surface area contributed by atoms with Crippen molar-refractivity contribution in [2.24, 2.45) is 0 Å². The molecule has 8 nitrogen and oxygen atoms in total. The molecule has 2 N–H and O–H groups in total. The third-order valence-electron chi connectivity index (χ3n) is 2.80. The summed E-state index contributed by atoms with van der Waals surface area (Å²) in [6, 6.07) is 6.89. The molecule has 2 aromatic rings. The molecule has 8 heteroatoms. The van der Waals surface area contributed by atoms with Gasteiger partial charge in [0.15, 0.2) is 0 Å². The largest absolute Gasteiger partial charge is 0.392 e. The second-order valence-electron chi connectivity index (χ2n) is 4.38. The van der Waals surface area contributed by atoms with Gasteiger partial charge in [0.2, 0.25) is 12.2 Å². The Kier molecular flexibility index (Phi) is 4.62. The van der Waals surface area contributed by atoms with Crippen LogP contribution in [0.15, 0.2) is 36.8 Å². The second-order valence-corrected chi connectivity index (χ2v) is 4.38. The molecule has 0 aliphatic heterocycles. The van der Waals surface area contributed by atoms with Crippen LogP contribution in [0.4, 0.5) is 11.5 Å². The predicted molar refractivity (Wildman–Crippen MR) is 74.5 cm³/mol. The maximum absolute atomic E-state index is 11.8. The van der Waals surface area contributed by atoms with E-state index in [-0.39, 0.29) is 24.8 Å². The number of rotatable bonds is 6. The summed E-state index contributed by atoms with van der Waals surface area (Å²) in [5, 5.41) is 22.2. The summed E-state index contributed by atoms with van der Waals surface area (Å²) in [6.45, 7) is 0.203. The summed E-state index contributed by atoms with van der Waals surface area (Å²) in [7, 11) is 0. The molecule has 21 heavy (non-hydrogen) atoms. The van der Waals surface area contributed by atoms with Crippen molar-refractivity contribution in [3.63, 3.8) is 0 Å². The topological polar surface area (TPSA) is 110 Å². The lowest BCUT2D eigenvalue weighted by molar-refractivity contribution is -0.389. The quantitative estimate of drug-likeness (QED) is 0.615. The number of carbonyl (C=O) groups is 1. The lowest BCUT2D eigenvalue weighted by atomic mass is 10.2. The molecule has 0 radical (unpaired) electrons. The highest BCUT2D eigenvalue weighted by molar-refractivity contribution is 5.90. The number of imidazole rings is 1. The zero-order chi connectivity index (χ0) is 15.2. The molecule has 0 aliphatic carbocycles. The number of aryl methyl sites for hydroxylation is 1. The molecule has 0 saturated carbocycles. The second kappa shape index (κ2) is 6.62. The number of benzene rings is 1. The van der Waals surface area contributed by atoms with Crippen molar-refractivity contribution >= 4 is 17.4 Å². The fraction of sp³-hybridized carbons (Fsp3) is 0.231. The smallest absolute Gasteiger partial charge is 0.381 e. The first kappa shape index (κ1) is 14.7. The van der Waals surface area contributed by atoms with Crippen LogP contribution in [0.3, 0.4) is 0 Å². The molecule has 1 heterocycles. The van der Waals surface area contributed by atoms with Crippen molar-refractivity contribution < 1.29 is 14.8 Å². The number of aromatic nitrogens is 2. The molecule has 0 fully saturated rings. The van der Waals surface area contributed by atoms with Crippen LogP contribution in [-0.4, -0.2) is 25.5 Å². The van der Waals surface area contributed by atoms with Crippen LogP contribution in [0.1, 0.15) is 12.0 Å². The minimum atomic E-state index is -0.586. The van der Waals surface area contributed by atoms with E-state index in [0.29, 0.717) is 17.8 Å². The van der Waals surface area contributed by atoms with Gasteiger partial charge in [-0.1, -0.05) is 12.1 Å². The molecule has 0 atom stereocenters. The van der Waals surface area contributed by atoms with Gasteiger partial charge in [0, 0.05) is 18.7 Å². The molecule has 1 aromatic carbocycles. The van der Waals surface area contributed by atoms with Crippen LogP contribution in [0.5, 0.6) is 0 Å². The summed E-state index contributed by atoms with van der Waals surface area (Å²) in [6.07, 6.45) is 2.76. The van der Waals surface area contributed by atoms with Gasteiger partial charge in [0.1, 0.15) is 6.20 Å². The number of nitro groups is 1. The molecule has 0 bridgehead atoms. The number of carbonyl (C=O) groups excluding carboxylic acids is 1. The molecule has 0 saturated heterocycles. The van der Waals surface area contributed by atoms with Gasteiger partial charge < -0.3 is 25.1 Å². The van der Waals surface area contributed by atoms with Crippen molar-refractivity contribution in [3.8, 4) is 0 Å².